The first-order valence-corrected chi connectivity index (χ1v) is 7.07. The molecular weight excluding hydrogens is 246 g/mol. The summed E-state index contributed by atoms with van der Waals surface area (Å²) in [7, 11) is 0. The maximum Gasteiger partial charge on any atom is 0.410 e. The molecule has 1 heterocycles. The van der Waals surface area contributed by atoms with Crippen molar-refractivity contribution in [2.45, 2.75) is 52.2 Å². The van der Waals surface area contributed by atoms with Crippen LogP contribution in [0.3, 0.4) is 0 Å². The molecule has 0 aromatic heterocycles. The van der Waals surface area contributed by atoms with E-state index in [-0.39, 0.29) is 12.0 Å². The van der Waals surface area contributed by atoms with Gasteiger partial charge < -0.3 is 19.5 Å². The van der Waals surface area contributed by atoms with Crippen molar-refractivity contribution >= 4 is 6.09 Å². The van der Waals surface area contributed by atoms with E-state index in [4.69, 9.17) is 9.47 Å². The van der Waals surface area contributed by atoms with Crippen LogP contribution in [0.1, 0.15) is 40.5 Å². The highest BCUT2D eigenvalue weighted by Gasteiger charge is 2.33. The standard InChI is InChI=1S/C14H27NO4/c1-5-8-18-10-12(16)11-6-7-15(9-11)13(17)19-14(2,3)4/h11-12,16H,5-10H2,1-4H3. The number of ether oxygens (including phenoxy) is 2. The van der Waals surface area contributed by atoms with E-state index < -0.39 is 11.7 Å². The van der Waals surface area contributed by atoms with Crippen LogP contribution in [-0.2, 0) is 9.47 Å². The zero-order chi connectivity index (χ0) is 14.5. The van der Waals surface area contributed by atoms with Gasteiger partial charge in [0.2, 0.25) is 0 Å². The summed E-state index contributed by atoms with van der Waals surface area (Å²) in [4.78, 5) is 13.5. The van der Waals surface area contributed by atoms with Gasteiger partial charge in [-0.3, -0.25) is 0 Å². The first-order chi connectivity index (χ1) is 8.83. The Morgan fingerprint density at radius 1 is 1.47 bits per heavy atom. The van der Waals surface area contributed by atoms with Gasteiger partial charge in [-0.25, -0.2) is 4.79 Å². The Hall–Kier alpha value is -0.810. The van der Waals surface area contributed by atoms with E-state index in [1.54, 1.807) is 4.90 Å². The average Bonchev–Trinajstić information content (AvgIpc) is 2.76. The monoisotopic (exact) mass is 273 g/mol. The van der Waals surface area contributed by atoms with E-state index in [9.17, 15) is 9.90 Å². The lowest BCUT2D eigenvalue weighted by Crippen LogP contribution is -2.36. The molecule has 0 saturated carbocycles. The van der Waals surface area contributed by atoms with E-state index in [1.165, 1.54) is 0 Å². The van der Waals surface area contributed by atoms with Crippen LogP contribution in [-0.4, -0.2) is 54.1 Å². The minimum absolute atomic E-state index is 0.0874. The van der Waals surface area contributed by atoms with Crippen LogP contribution in [0.2, 0.25) is 0 Å². The molecule has 1 fully saturated rings. The van der Waals surface area contributed by atoms with Gasteiger partial charge in [0.05, 0.1) is 12.7 Å². The van der Waals surface area contributed by atoms with Crippen molar-refractivity contribution in [1.82, 2.24) is 4.90 Å². The Bertz CT molecular complexity index is 288. The summed E-state index contributed by atoms with van der Waals surface area (Å²) < 4.78 is 10.7. The summed E-state index contributed by atoms with van der Waals surface area (Å²) in [6.45, 7) is 9.80. The molecule has 112 valence electrons. The lowest BCUT2D eigenvalue weighted by Gasteiger charge is -2.25. The molecule has 1 rings (SSSR count). The van der Waals surface area contributed by atoms with E-state index in [2.05, 4.69) is 0 Å². The van der Waals surface area contributed by atoms with Gasteiger partial charge in [-0.1, -0.05) is 6.92 Å². The summed E-state index contributed by atoms with van der Waals surface area (Å²) in [6, 6.07) is 0. The van der Waals surface area contributed by atoms with Crippen LogP contribution in [0.5, 0.6) is 0 Å². The third-order valence-electron chi connectivity index (χ3n) is 3.06. The summed E-state index contributed by atoms with van der Waals surface area (Å²) in [5, 5.41) is 10.0. The van der Waals surface area contributed by atoms with Crippen molar-refractivity contribution < 1.29 is 19.4 Å². The van der Waals surface area contributed by atoms with Gasteiger partial charge in [-0.05, 0) is 33.6 Å². The largest absolute Gasteiger partial charge is 0.444 e. The lowest BCUT2D eigenvalue weighted by atomic mass is 10.0. The molecule has 0 bridgehead atoms. The number of amides is 1. The van der Waals surface area contributed by atoms with Gasteiger partial charge in [-0.15, -0.1) is 0 Å². The van der Waals surface area contributed by atoms with Gasteiger partial charge in [0.15, 0.2) is 0 Å². The van der Waals surface area contributed by atoms with Crippen molar-refractivity contribution in [3.05, 3.63) is 0 Å². The number of carbonyl (C=O) groups excluding carboxylic acids is 1. The van der Waals surface area contributed by atoms with Crippen molar-refractivity contribution in [2.75, 3.05) is 26.3 Å². The van der Waals surface area contributed by atoms with Gasteiger partial charge in [0.25, 0.3) is 0 Å². The number of hydrogen-bond acceptors (Lipinski definition) is 4. The molecule has 5 heteroatoms. The van der Waals surface area contributed by atoms with Crippen molar-refractivity contribution in [3.8, 4) is 0 Å². The molecule has 0 spiro atoms. The average molecular weight is 273 g/mol. The fourth-order valence-electron chi connectivity index (χ4n) is 2.08. The quantitative estimate of drug-likeness (QED) is 0.779. The van der Waals surface area contributed by atoms with Crippen molar-refractivity contribution in [3.63, 3.8) is 0 Å². The number of nitrogens with zero attached hydrogens (tertiary/aromatic N) is 1. The van der Waals surface area contributed by atoms with Crippen LogP contribution < -0.4 is 0 Å². The third-order valence-corrected chi connectivity index (χ3v) is 3.06. The topological polar surface area (TPSA) is 59.0 Å². The number of carbonyl (C=O) groups is 1. The van der Waals surface area contributed by atoms with Crippen LogP contribution in [0.4, 0.5) is 4.79 Å². The molecule has 19 heavy (non-hydrogen) atoms. The Labute approximate surface area is 115 Å². The molecule has 1 amide bonds. The fourth-order valence-corrected chi connectivity index (χ4v) is 2.08. The summed E-state index contributed by atoms with van der Waals surface area (Å²) in [5.41, 5.74) is -0.474. The Balaban J connectivity index is 2.34. The minimum atomic E-state index is -0.501. The van der Waals surface area contributed by atoms with Gasteiger partial charge in [0.1, 0.15) is 5.60 Å². The predicted molar refractivity (Wildman–Crippen MR) is 73.0 cm³/mol. The summed E-state index contributed by atoms with van der Waals surface area (Å²) >= 11 is 0. The number of aliphatic hydroxyl groups excluding tert-OH is 1. The number of likely N-dealkylation sites (tertiary alicyclic amines) is 1. The van der Waals surface area contributed by atoms with E-state index in [1.807, 2.05) is 27.7 Å². The highest BCUT2D eigenvalue weighted by molar-refractivity contribution is 5.68. The van der Waals surface area contributed by atoms with Gasteiger partial charge in [-0.2, -0.15) is 0 Å². The molecule has 0 aromatic carbocycles. The highest BCUT2D eigenvalue weighted by atomic mass is 16.6. The van der Waals surface area contributed by atoms with E-state index >= 15 is 0 Å². The second-order valence-corrected chi connectivity index (χ2v) is 6.12. The van der Waals surface area contributed by atoms with Gasteiger partial charge in [0, 0.05) is 25.6 Å². The Morgan fingerprint density at radius 2 is 2.16 bits per heavy atom. The van der Waals surface area contributed by atoms with Crippen molar-refractivity contribution in [2.24, 2.45) is 5.92 Å². The lowest BCUT2D eigenvalue weighted by molar-refractivity contribution is 0.00350. The molecule has 2 unspecified atom stereocenters. The van der Waals surface area contributed by atoms with Crippen LogP contribution in [0.15, 0.2) is 0 Å². The molecule has 0 aromatic rings. The molecular formula is C14H27NO4. The number of hydrogen-bond donors (Lipinski definition) is 1. The van der Waals surface area contributed by atoms with Crippen LogP contribution in [0.25, 0.3) is 0 Å². The fraction of sp³-hybridized carbons (Fsp3) is 0.929. The zero-order valence-corrected chi connectivity index (χ0v) is 12.5. The Morgan fingerprint density at radius 3 is 2.74 bits per heavy atom. The second-order valence-electron chi connectivity index (χ2n) is 6.12. The summed E-state index contributed by atoms with van der Waals surface area (Å²) in [5.74, 6) is 0.0874. The first kappa shape index (κ1) is 16.2. The van der Waals surface area contributed by atoms with Gasteiger partial charge >= 0.3 is 6.09 Å². The molecule has 1 aliphatic heterocycles. The molecule has 5 nitrogen and oxygen atoms in total. The van der Waals surface area contributed by atoms with Crippen molar-refractivity contribution in [1.29, 1.82) is 0 Å². The first-order valence-electron chi connectivity index (χ1n) is 7.07. The summed E-state index contributed by atoms with van der Waals surface area (Å²) in [6.07, 6.45) is 0.952. The number of aliphatic hydroxyl groups is 1. The third kappa shape index (κ3) is 5.78. The maximum atomic E-state index is 11.9. The zero-order valence-electron chi connectivity index (χ0n) is 12.5. The molecule has 1 saturated heterocycles. The SMILES string of the molecule is CCCOCC(O)C1CCN(C(=O)OC(C)(C)C)C1. The molecule has 2 atom stereocenters. The molecule has 1 aliphatic rings. The van der Waals surface area contributed by atoms with Crippen LogP contribution in [0, 0.1) is 5.92 Å². The predicted octanol–water partition coefficient (Wildman–Crippen LogP) is 2.03. The maximum absolute atomic E-state index is 11.9. The van der Waals surface area contributed by atoms with E-state index in [0.717, 1.165) is 12.8 Å². The second kappa shape index (κ2) is 7.10. The Kier molecular flexibility index (Phi) is 6.07. The molecule has 0 radical (unpaired) electrons. The highest BCUT2D eigenvalue weighted by Crippen LogP contribution is 2.22. The smallest absolute Gasteiger partial charge is 0.410 e. The van der Waals surface area contributed by atoms with E-state index in [0.29, 0.717) is 26.3 Å². The minimum Gasteiger partial charge on any atom is -0.444 e. The van der Waals surface area contributed by atoms with Crippen LogP contribution >= 0.6 is 0 Å². The number of rotatable bonds is 5. The normalized spacial score (nSPS) is 21.5. The molecule has 0 aliphatic carbocycles. The molecule has 1 N–H and O–H groups in total.